The van der Waals surface area contributed by atoms with E-state index in [2.05, 4.69) is 44.9 Å². The van der Waals surface area contributed by atoms with Crippen LogP contribution in [0.3, 0.4) is 0 Å². The van der Waals surface area contributed by atoms with Crippen LogP contribution in [0.25, 0.3) is 11.5 Å². The second kappa shape index (κ2) is 12.2. The van der Waals surface area contributed by atoms with Gasteiger partial charge in [0, 0.05) is 32.1 Å². The lowest BCUT2D eigenvalue weighted by molar-refractivity contribution is 0.571. The zero-order valence-electron chi connectivity index (χ0n) is 16.4. The highest BCUT2D eigenvalue weighted by Crippen LogP contribution is 2.18. The number of guanidine groups is 1. The second-order valence-electron chi connectivity index (χ2n) is 6.42. The first-order valence-electron chi connectivity index (χ1n) is 9.43. The number of benzene rings is 2. The summed E-state index contributed by atoms with van der Waals surface area (Å²) in [4.78, 5) is 8.69. The Morgan fingerprint density at radius 3 is 2.45 bits per heavy atom. The van der Waals surface area contributed by atoms with Crippen LogP contribution >= 0.6 is 24.0 Å². The third-order valence-electron chi connectivity index (χ3n) is 4.32. The number of aromatic nitrogens is 1. The van der Waals surface area contributed by atoms with Crippen LogP contribution < -0.4 is 10.6 Å². The standard InChI is InChI=1S/C22H25FN4O.HI/c1-24-22(25-14-5-8-17-6-3-2-4-7-17)26-15-13-20-16-28-21(27-20)18-9-11-19(23)12-10-18;/h2-4,6-7,9-12,16H,5,8,13-15H2,1H3,(H2,24,25,26);1H. The Labute approximate surface area is 187 Å². The third kappa shape index (κ3) is 7.49. The summed E-state index contributed by atoms with van der Waals surface area (Å²) in [5, 5.41) is 6.60. The minimum absolute atomic E-state index is 0. The number of aliphatic imine (C=N–C) groups is 1. The van der Waals surface area contributed by atoms with E-state index in [0.29, 0.717) is 18.9 Å². The average Bonchev–Trinajstić information content (AvgIpc) is 3.20. The predicted octanol–water partition coefficient (Wildman–Crippen LogP) is 4.44. The maximum atomic E-state index is 13.0. The van der Waals surface area contributed by atoms with E-state index in [0.717, 1.165) is 36.6 Å². The first kappa shape index (κ1) is 22.9. The fourth-order valence-electron chi connectivity index (χ4n) is 2.82. The van der Waals surface area contributed by atoms with Gasteiger partial charge < -0.3 is 15.1 Å². The molecule has 29 heavy (non-hydrogen) atoms. The number of nitrogens with zero attached hydrogens (tertiary/aromatic N) is 2. The third-order valence-corrected chi connectivity index (χ3v) is 4.32. The van der Waals surface area contributed by atoms with Crippen LogP contribution in [0.5, 0.6) is 0 Å². The van der Waals surface area contributed by atoms with Crippen LogP contribution in [0.4, 0.5) is 4.39 Å². The Morgan fingerprint density at radius 1 is 1.00 bits per heavy atom. The highest BCUT2D eigenvalue weighted by atomic mass is 127. The van der Waals surface area contributed by atoms with Crippen molar-refractivity contribution in [1.82, 2.24) is 15.6 Å². The van der Waals surface area contributed by atoms with Gasteiger partial charge in [-0.25, -0.2) is 9.37 Å². The number of oxazole rings is 1. The van der Waals surface area contributed by atoms with E-state index in [4.69, 9.17) is 4.42 Å². The quantitative estimate of drug-likeness (QED) is 0.205. The molecule has 0 amide bonds. The van der Waals surface area contributed by atoms with Crippen LogP contribution in [0.15, 0.2) is 70.3 Å². The summed E-state index contributed by atoms with van der Waals surface area (Å²) in [5.41, 5.74) is 2.94. The van der Waals surface area contributed by atoms with Gasteiger partial charge in [0.25, 0.3) is 0 Å². The van der Waals surface area contributed by atoms with Crippen molar-refractivity contribution in [2.24, 2.45) is 4.99 Å². The molecule has 1 aromatic heterocycles. The molecular formula is C22H26FIN4O. The molecule has 2 N–H and O–H groups in total. The first-order chi connectivity index (χ1) is 13.7. The molecule has 0 saturated carbocycles. The maximum Gasteiger partial charge on any atom is 0.226 e. The van der Waals surface area contributed by atoms with Gasteiger partial charge >= 0.3 is 0 Å². The van der Waals surface area contributed by atoms with Crippen LogP contribution in [-0.4, -0.2) is 31.1 Å². The number of halogens is 2. The molecule has 154 valence electrons. The normalized spacial score (nSPS) is 11.0. The van der Waals surface area contributed by atoms with E-state index < -0.39 is 0 Å². The van der Waals surface area contributed by atoms with Crippen molar-refractivity contribution in [1.29, 1.82) is 0 Å². The second-order valence-corrected chi connectivity index (χ2v) is 6.42. The molecule has 2 aromatic carbocycles. The molecule has 7 heteroatoms. The molecule has 0 fully saturated rings. The fraction of sp³-hybridized carbons (Fsp3) is 0.273. The molecule has 0 saturated heterocycles. The molecule has 0 aliphatic carbocycles. The average molecular weight is 508 g/mol. The van der Waals surface area contributed by atoms with Crippen molar-refractivity contribution < 1.29 is 8.81 Å². The molecule has 0 aliphatic heterocycles. The Bertz CT molecular complexity index is 881. The van der Waals surface area contributed by atoms with Crippen molar-refractivity contribution in [3.05, 3.63) is 77.9 Å². The van der Waals surface area contributed by atoms with E-state index in [1.165, 1.54) is 17.7 Å². The van der Waals surface area contributed by atoms with Crippen molar-refractivity contribution >= 4 is 29.9 Å². The molecule has 0 unspecified atom stereocenters. The van der Waals surface area contributed by atoms with Crippen LogP contribution in [0.2, 0.25) is 0 Å². The van der Waals surface area contributed by atoms with Crippen molar-refractivity contribution in [2.45, 2.75) is 19.3 Å². The Balaban J connectivity index is 0.00000300. The summed E-state index contributed by atoms with van der Waals surface area (Å²) in [6.07, 6.45) is 4.41. The molecule has 1 heterocycles. The van der Waals surface area contributed by atoms with Gasteiger partial charge in [0.2, 0.25) is 5.89 Å². The molecule has 0 radical (unpaired) electrons. The fourth-order valence-corrected chi connectivity index (χ4v) is 2.82. The van der Waals surface area contributed by atoms with Gasteiger partial charge in [-0.15, -0.1) is 24.0 Å². The zero-order valence-corrected chi connectivity index (χ0v) is 18.7. The minimum Gasteiger partial charge on any atom is -0.444 e. The van der Waals surface area contributed by atoms with Gasteiger partial charge in [-0.1, -0.05) is 30.3 Å². The van der Waals surface area contributed by atoms with E-state index in [1.807, 2.05) is 6.07 Å². The SMILES string of the molecule is CN=C(NCCCc1ccccc1)NCCc1coc(-c2ccc(F)cc2)n1.I. The van der Waals surface area contributed by atoms with Crippen LogP contribution in [-0.2, 0) is 12.8 Å². The first-order valence-corrected chi connectivity index (χ1v) is 9.43. The van der Waals surface area contributed by atoms with Crippen molar-refractivity contribution in [3.8, 4) is 11.5 Å². The molecule has 3 aromatic rings. The summed E-state index contributed by atoms with van der Waals surface area (Å²) < 4.78 is 18.5. The van der Waals surface area contributed by atoms with Crippen LogP contribution in [0.1, 0.15) is 17.7 Å². The molecule has 0 aliphatic rings. The molecule has 0 bridgehead atoms. The van der Waals surface area contributed by atoms with E-state index in [1.54, 1.807) is 25.4 Å². The Kier molecular flexibility index (Phi) is 9.63. The van der Waals surface area contributed by atoms with Crippen molar-refractivity contribution in [3.63, 3.8) is 0 Å². The van der Waals surface area contributed by atoms with Gasteiger partial charge in [-0.05, 0) is 42.7 Å². The monoisotopic (exact) mass is 508 g/mol. The molecule has 3 rings (SSSR count). The van der Waals surface area contributed by atoms with E-state index in [9.17, 15) is 4.39 Å². The van der Waals surface area contributed by atoms with Gasteiger partial charge in [0.15, 0.2) is 5.96 Å². The number of nitrogens with one attached hydrogen (secondary N) is 2. The number of hydrogen-bond donors (Lipinski definition) is 2. The number of hydrogen-bond acceptors (Lipinski definition) is 3. The highest BCUT2D eigenvalue weighted by Gasteiger charge is 2.07. The topological polar surface area (TPSA) is 62.5 Å². The molecular weight excluding hydrogens is 482 g/mol. The Hall–Kier alpha value is -2.42. The highest BCUT2D eigenvalue weighted by molar-refractivity contribution is 14.0. The summed E-state index contributed by atoms with van der Waals surface area (Å²) in [6.45, 7) is 1.54. The minimum atomic E-state index is -0.276. The molecule has 0 spiro atoms. The van der Waals surface area contributed by atoms with Gasteiger partial charge in [-0.2, -0.15) is 0 Å². The lowest BCUT2D eigenvalue weighted by Gasteiger charge is -2.11. The summed E-state index contributed by atoms with van der Waals surface area (Å²) in [6, 6.07) is 16.6. The summed E-state index contributed by atoms with van der Waals surface area (Å²) >= 11 is 0. The zero-order chi connectivity index (χ0) is 19.6. The number of rotatable bonds is 8. The summed E-state index contributed by atoms with van der Waals surface area (Å²) in [5.74, 6) is 0.996. The predicted molar refractivity (Wildman–Crippen MR) is 125 cm³/mol. The number of aryl methyl sites for hydroxylation is 1. The van der Waals surface area contributed by atoms with E-state index >= 15 is 0 Å². The Morgan fingerprint density at radius 2 is 1.72 bits per heavy atom. The molecule has 5 nitrogen and oxygen atoms in total. The maximum absolute atomic E-state index is 13.0. The van der Waals surface area contributed by atoms with Gasteiger partial charge in [0.05, 0.1) is 5.69 Å². The van der Waals surface area contributed by atoms with Gasteiger partial charge in [-0.3, -0.25) is 4.99 Å². The van der Waals surface area contributed by atoms with Crippen LogP contribution in [0, 0.1) is 5.82 Å². The van der Waals surface area contributed by atoms with E-state index in [-0.39, 0.29) is 29.8 Å². The van der Waals surface area contributed by atoms with Gasteiger partial charge in [0.1, 0.15) is 12.1 Å². The smallest absolute Gasteiger partial charge is 0.226 e. The molecule has 0 atom stereocenters. The lowest BCUT2D eigenvalue weighted by Crippen LogP contribution is -2.38. The summed E-state index contributed by atoms with van der Waals surface area (Å²) in [7, 11) is 1.76. The van der Waals surface area contributed by atoms with Crippen molar-refractivity contribution in [2.75, 3.05) is 20.1 Å². The lowest BCUT2D eigenvalue weighted by atomic mass is 10.1. The largest absolute Gasteiger partial charge is 0.444 e.